The number of hydrogen-bond donors (Lipinski definition) is 0. The number of methoxy groups -OCH3 is 3. The monoisotopic (exact) mass is 558 g/mol. The van der Waals surface area contributed by atoms with E-state index in [1.165, 1.54) is 18.4 Å². The highest BCUT2D eigenvalue weighted by Gasteiger charge is 2.35. The number of para-hydroxylation sites is 1. The molecule has 0 saturated carbocycles. The van der Waals surface area contributed by atoms with Crippen LogP contribution in [0, 0.1) is 0 Å². The predicted molar refractivity (Wildman–Crippen MR) is 155 cm³/mol. The van der Waals surface area contributed by atoms with Crippen LogP contribution in [-0.2, 0) is 9.53 Å². The standard InChI is InChI=1S/C31H30N2O6S/c1-6-16-39-28-22(12-9-13-24(28)37-4)27-26(30(35)38-5)18(2)32-31-33(27)29(34)25(40-31)17-19-14-15-23(36-3)21-11-8-7-10-20(19)21/h7-15,17,27H,6,16H2,1-5H3/b25-17+. The summed E-state index contributed by atoms with van der Waals surface area (Å²) in [6.45, 7) is 4.20. The van der Waals surface area contributed by atoms with Crippen LogP contribution in [-0.4, -0.2) is 38.5 Å². The molecule has 3 aromatic carbocycles. The molecule has 0 fully saturated rings. The second-order valence-corrected chi connectivity index (χ2v) is 10.2. The van der Waals surface area contributed by atoms with Crippen LogP contribution in [0.1, 0.15) is 37.4 Å². The second-order valence-electron chi connectivity index (χ2n) is 9.20. The van der Waals surface area contributed by atoms with Gasteiger partial charge in [0.25, 0.3) is 5.56 Å². The Morgan fingerprint density at radius 3 is 2.45 bits per heavy atom. The molecule has 0 aliphatic carbocycles. The first kappa shape index (κ1) is 27.2. The summed E-state index contributed by atoms with van der Waals surface area (Å²) < 4.78 is 24.5. The van der Waals surface area contributed by atoms with E-state index in [1.807, 2.05) is 61.5 Å². The van der Waals surface area contributed by atoms with Gasteiger partial charge in [-0.3, -0.25) is 9.36 Å². The highest BCUT2D eigenvalue weighted by Crippen LogP contribution is 2.41. The number of ether oxygens (including phenoxy) is 4. The van der Waals surface area contributed by atoms with Gasteiger partial charge < -0.3 is 18.9 Å². The number of carbonyl (C=O) groups excluding carboxylic acids is 1. The van der Waals surface area contributed by atoms with Crippen molar-refractivity contribution >= 4 is 34.2 Å². The quantitative estimate of drug-likeness (QED) is 0.299. The summed E-state index contributed by atoms with van der Waals surface area (Å²) >= 11 is 1.27. The third-order valence-electron chi connectivity index (χ3n) is 6.83. The Bertz CT molecular complexity index is 1820. The highest BCUT2D eigenvalue weighted by molar-refractivity contribution is 7.07. The number of benzene rings is 3. The molecule has 1 atom stereocenters. The molecule has 1 unspecified atom stereocenters. The van der Waals surface area contributed by atoms with Crippen LogP contribution < -0.4 is 29.1 Å². The number of esters is 1. The lowest BCUT2D eigenvalue weighted by Crippen LogP contribution is -2.40. The molecule has 0 radical (unpaired) electrons. The molecular formula is C31H30N2O6S. The SMILES string of the molecule is CCCOc1c(OC)cccc1C1C(C(=O)OC)=C(C)N=c2s/c(=C/c3ccc(OC)c4ccccc34)c(=O)n21. The van der Waals surface area contributed by atoms with Gasteiger partial charge in [0.15, 0.2) is 16.3 Å². The van der Waals surface area contributed by atoms with Crippen LogP contribution >= 0.6 is 11.3 Å². The van der Waals surface area contributed by atoms with Gasteiger partial charge in [-0.1, -0.05) is 60.7 Å². The average Bonchev–Trinajstić information content (AvgIpc) is 3.28. The van der Waals surface area contributed by atoms with E-state index in [0.29, 0.717) is 38.7 Å². The van der Waals surface area contributed by atoms with Crippen LogP contribution in [0.2, 0.25) is 0 Å². The van der Waals surface area contributed by atoms with Crippen LogP contribution in [0.15, 0.2) is 75.7 Å². The molecule has 9 heteroatoms. The summed E-state index contributed by atoms with van der Waals surface area (Å²) in [5.74, 6) is 1.18. The van der Waals surface area contributed by atoms with Gasteiger partial charge in [-0.05, 0) is 42.5 Å². The van der Waals surface area contributed by atoms with E-state index in [4.69, 9.17) is 18.9 Å². The third-order valence-corrected chi connectivity index (χ3v) is 7.81. The third kappa shape index (κ3) is 4.66. The van der Waals surface area contributed by atoms with E-state index < -0.39 is 12.0 Å². The van der Waals surface area contributed by atoms with Gasteiger partial charge in [0.1, 0.15) is 11.8 Å². The van der Waals surface area contributed by atoms with Gasteiger partial charge in [0, 0.05) is 10.9 Å². The van der Waals surface area contributed by atoms with Crippen molar-refractivity contribution in [2.75, 3.05) is 27.9 Å². The Labute approximate surface area is 235 Å². The van der Waals surface area contributed by atoms with E-state index >= 15 is 0 Å². The molecule has 8 nitrogen and oxygen atoms in total. The number of nitrogens with zero attached hydrogens (tertiary/aromatic N) is 2. The smallest absolute Gasteiger partial charge is 0.338 e. The number of allylic oxidation sites excluding steroid dienone is 1. The largest absolute Gasteiger partial charge is 0.496 e. The Kier molecular flexibility index (Phi) is 7.75. The zero-order valence-corrected chi connectivity index (χ0v) is 23.8. The van der Waals surface area contributed by atoms with Gasteiger partial charge in [-0.2, -0.15) is 0 Å². The minimum atomic E-state index is -0.819. The van der Waals surface area contributed by atoms with Crippen molar-refractivity contribution in [2.45, 2.75) is 26.3 Å². The van der Waals surface area contributed by atoms with Crippen molar-refractivity contribution < 1.29 is 23.7 Å². The number of rotatable bonds is 8. The lowest BCUT2D eigenvalue weighted by Gasteiger charge is -2.26. The number of fused-ring (bicyclic) bond motifs is 2. The molecular weight excluding hydrogens is 528 g/mol. The first-order valence-corrected chi connectivity index (χ1v) is 13.7. The van der Waals surface area contributed by atoms with Crippen molar-refractivity contribution in [2.24, 2.45) is 4.99 Å². The summed E-state index contributed by atoms with van der Waals surface area (Å²) in [5.41, 5.74) is 1.96. The van der Waals surface area contributed by atoms with Crippen LogP contribution in [0.3, 0.4) is 0 Å². The Morgan fingerprint density at radius 2 is 1.75 bits per heavy atom. The summed E-state index contributed by atoms with van der Waals surface area (Å²) in [6.07, 6.45) is 2.63. The fourth-order valence-corrected chi connectivity index (χ4v) is 6.03. The Morgan fingerprint density at radius 1 is 1.00 bits per heavy atom. The number of thiazole rings is 1. The van der Waals surface area contributed by atoms with Crippen molar-refractivity contribution in [3.05, 3.63) is 96.7 Å². The van der Waals surface area contributed by atoms with Gasteiger partial charge in [0.05, 0.1) is 43.7 Å². The lowest BCUT2D eigenvalue weighted by molar-refractivity contribution is -0.136. The maximum Gasteiger partial charge on any atom is 0.338 e. The summed E-state index contributed by atoms with van der Waals surface area (Å²) in [5, 5.41) is 1.90. The minimum Gasteiger partial charge on any atom is -0.496 e. The van der Waals surface area contributed by atoms with Crippen molar-refractivity contribution in [1.29, 1.82) is 0 Å². The fraction of sp³-hybridized carbons (Fsp3) is 0.258. The number of carbonyl (C=O) groups is 1. The topological polar surface area (TPSA) is 88.4 Å². The summed E-state index contributed by atoms with van der Waals surface area (Å²) in [6, 6.07) is 16.3. The average molecular weight is 559 g/mol. The molecule has 1 aliphatic rings. The number of hydrogen-bond acceptors (Lipinski definition) is 8. The lowest BCUT2D eigenvalue weighted by atomic mass is 9.94. The molecule has 1 aliphatic heterocycles. The van der Waals surface area contributed by atoms with Gasteiger partial charge in [-0.15, -0.1) is 0 Å². The summed E-state index contributed by atoms with van der Waals surface area (Å²) in [4.78, 5) is 32.4. The van der Waals surface area contributed by atoms with E-state index in [-0.39, 0.29) is 11.1 Å². The van der Waals surface area contributed by atoms with Crippen molar-refractivity contribution in [3.8, 4) is 17.2 Å². The first-order chi connectivity index (χ1) is 19.4. The number of aromatic nitrogens is 1. The van der Waals surface area contributed by atoms with E-state index in [2.05, 4.69) is 4.99 Å². The molecule has 40 heavy (non-hydrogen) atoms. The Balaban J connectivity index is 1.78. The maximum absolute atomic E-state index is 14.1. The zero-order chi connectivity index (χ0) is 28.4. The van der Waals surface area contributed by atoms with E-state index in [0.717, 1.165) is 28.5 Å². The molecule has 0 saturated heterocycles. The summed E-state index contributed by atoms with van der Waals surface area (Å²) in [7, 11) is 4.52. The molecule has 5 rings (SSSR count). The van der Waals surface area contributed by atoms with Crippen LogP contribution in [0.4, 0.5) is 0 Å². The predicted octanol–water partition coefficient (Wildman–Crippen LogP) is 4.37. The van der Waals surface area contributed by atoms with Gasteiger partial charge in [-0.25, -0.2) is 9.79 Å². The van der Waals surface area contributed by atoms with Crippen molar-refractivity contribution in [1.82, 2.24) is 4.57 Å². The van der Waals surface area contributed by atoms with Crippen molar-refractivity contribution in [3.63, 3.8) is 0 Å². The maximum atomic E-state index is 14.1. The molecule has 0 amide bonds. The molecule has 0 spiro atoms. The molecule has 206 valence electrons. The molecule has 4 aromatic rings. The van der Waals surface area contributed by atoms with E-state index in [1.54, 1.807) is 31.8 Å². The minimum absolute atomic E-state index is 0.269. The van der Waals surface area contributed by atoms with Gasteiger partial charge in [0.2, 0.25) is 0 Å². The zero-order valence-electron chi connectivity index (χ0n) is 23.0. The molecule has 1 aromatic heterocycles. The molecule has 2 heterocycles. The Hall–Kier alpha value is -4.37. The highest BCUT2D eigenvalue weighted by atomic mass is 32.1. The van der Waals surface area contributed by atoms with Crippen LogP contribution in [0.5, 0.6) is 17.2 Å². The second kappa shape index (κ2) is 11.4. The molecule has 0 N–H and O–H groups in total. The fourth-order valence-electron chi connectivity index (χ4n) is 4.99. The van der Waals surface area contributed by atoms with E-state index in [9.17, 15) is 9.59 Å². The van der Waals surface area contributed by atoms with Crippen LogP contribution in [0.25, 0.3) is 16.8 Å². The van der Waals surface area contributed by atoms with Gasteiger partial charge >= 0.3 is 5.97 Å². The normalized spacial score (nSPS) is 15.0. The molecule has 0 bridgehead atoms. The first-order valence-electron chi connectivity index (χ1n) is 12.9.